The van der Waals surface area contributed by atoms with Crippen molar-refractivity contribution in [2.75, 3.05) is 21.3 Å². The van der Waals surface area contributed by atoms with Gasteiger partial charge in [-0.1, -0.05) is 48.5 Å². The standard InChI is InChI=1S/C29H28N2O3/c1-32-25-16-15-23(28(33-2)29(25)34-3)26-27-22(17-18-30-26)21-13-7-8-14-24(21)31(27)19-9-12-20-10-5-4-6-11-20/h4-8,10-11,13-18H,9,12,19H2,1-3H3. The minimum absolute atomic E-state index is 0.563. The molecule has 0 spiro atoms. The second-order valence-electron chi connectivity index (χ2n) is 8.20. The van der Waals surface area contributed by atoms with Crippen molar-refractivity contribution in [3.05, 3.63) is 84.6 Å². The molecule has 0 aliphatic rings. The zero-order valence-electron chi connectivity index (χ0n) is 19.7. The van der Waals surface area contributed by atoms with Crippen LogP contribution in [0.4, 0.5) is 0 Å². The van der Waals surface area contributed by atoms with Gasteiger partial charge in [0.15, 0.2) is 11.5 Å². The first-order valence-corrected chi connectivity index (χ1v) is 11.5. The van der Waals surface area contributed by atoms with Crippen LogP contribution in [0, 0.1) is 0 Å². The lowest BCUT2D eigenvalue weighted by atomic mass is 10.1. The van der Waals surface area contributed by atoms with Gasteiger partial charge in [0.25, 0.3) is 0 Å². The number of para-hydroxylation sites is 1. The normalized spacial score (nSPS) is 11.1. The molecule has 0 saturated heterocycles. The SMILES string of the molecule is COc1ccc(-c2nccc3c4ccccc4n(CCCc4ccccc4)c23)c(OC)c1OC. The molecule has 0 aliphatic heterocycles. The molecular formula is C29H28N2O3. The van der Waals surface area contributed by atoms with E-state index in [4.69, 9.17) is 19.2 Å². The van der Waals surface area contributed by atoms with E-state index in [1.165, 1.54) is 21.9 Å². The van der Waals surface area contributed by atoms with Crippen LogP contribution >= 0.6 is 0 Å². The highest BCUT2D eigenvalue weighted by Gasteiger charge is 2.22. The van der Waals surface area contributed by atoms with Crippen LogP contribution in [0.3, 0.4) is 0 Å². The van der Waals surface area contributed by atoms with Crippen LogP contribution in [0.1, 0.15) is 12.0 Å². The maximum absolute atomic E-state index is 5.81. The monoisotopic (exact) mass is 452 g/mol. The molecule has 5 rings (SSSR count). The molecule has 0 aliphatic carbocycles. The summed E-state index contributed by atoms with van der Waals surface area (Å²) < 4.78 is 19.4. The highest BCUT2D eigenvalue weighted by Crippen LogP contribution is 2.46. The van der Waals surface area contributed by atoms with Gasteiger partial charge in [-0.05, 0) is 42.7 Å². The molecule has 34 heavy (non-hydrogen) atoms. The summed E-state index contributed by atoms with van der Waals surface area (Å²) in [4.78, 5) is 4.84. The Hall–Kier alpha value is -3.99. The fourth-order valence-corrected chi connectivity index (χ4v) is 4.80. The number of methoxy groups -OCH3 is 3. The van der Waals surface area contributed by atoms with Crippen molar-refractivity contribution < 1.29 is 14.2 Å². The number of aryl methyl sites for hydroxylation is 2. The molecule has 172 valence electrons. The highest BCUT2D eigenvalue weighted by molar-refractivity contribution is 6.12. The van der Waals surface area contributed by atoms with E-state index in [0.717, 1.165) is 36.2 Å². The van der Waals surface area contributed by atoms with Gasteiger partial charge in [0, 0.05) is 34.6 Å². The summed E-state index contributed by atoms with van der Waals surface area (Å²) >= 11 is 0. The van der Waals surface area contributed by atoms with Crippen LogP contribution in [0.15, 0.2) is 79.0 Å². The number of nitrogens with zero attached hydrogens (tertiary/aromatic N) is 2. The van der Waals surface area contributed by atoms with Crippen molar-refractivity contribution in [2.24, 2.45) is 0 Å². The summed E-state index contributed by atoms with van der Waals surface area (Å²) in [6.07, 6.45) is 3.91. The Labute approximate surface area is 199 Å². The van der Waals surface area contributed by atoms with Crippen molar-refractivity contribution >= 4 is 21.8 Å². The van der Waals surface area contributed by atoms with Gasteiger partial charge in [0.2, 0.25) is 5.75 Å². The molecule has 3 aromatic carbocycles. The number of hydrogen-bond donors (Lipinski definition) is 0. The van der Waals surface area contributed by atoms with Gasteiger partial charge in [0.1, 0.15) is 0 Å². The number of rotatable bonds is 8. The van der Waals surface area contributed by atoms with E-state index in [1.807, 2.05) is 18.3 Å². The summed E-state index contributed by atoms with van der Waals surface area (Å²) in [5.74, 6) is 1.80. The molecule has 5 nitrogen and oxygen atoms in total. The van der Waals surface area contributed by atoms with Gasteiger partial charge in [-0.2, -0.15) is 0 Å². The van der Waals surface area contributed by atoms with E-state index in [-0.39, 0.29) is 0 Å². The molecule has 0 amide bonds. The average Bonchev–Trinajstić information content (AvgIpc) is 3.22. The molecule has 2 aromatic heterocycles. The summed E-state index contributed by atoms with van der Waals surface area (Å²) in [6.45, 7) is 0.882. The smallest absolute Gasteiger partial charge is 0.203 e. The predicted molar refractivity (Wildman–Crippen MR) is 137 cm³/mol. The fourth-order valence-electron chi connectivity index (χ4n) is 4.80. The first-order chi connectivity index (χ1) is 16.8. The number of pyridine rings is 1. The summed E-state index contributed by atoms with van der Waals surface area (Å²) in [6, 6.07) is 25.2. The maximum atomic E-state index is 5.81. The van der Waals surface area contributed by atoms with E-state index in [2.05, 4.69) is 65.2 Å². The van der Waals surface area contributed by atoms with Crippen LogP contribution in [0.5, 0.6) is 17.2 Å². The molecule has 0 N–H and O–H groups in total. The lowest BCUT2D eigenvalue weighted by Gasteiger charge is -2.17. The van der Waals surface area contributed by atoms with Gasteiger partial charge in [-0.3, -0.25) is 4.98 Å². The van der Waals surface area contributed by atoms with Crippen molar-refractivity contribution in [1.82, 2.24) is 9.55 Å². The Morgan fingerprint density at radius 2 is 1.50 bits per heavy atom. The summed E-state index contributed by atoms with van der Waals surface area (Å²) in [5, 5.41) is 2.40. The average molecular weight is 453 g/mol. The van der Waals surface area contributed by atoms with Crippen LogP contribution < -0.4 is 14.2 Å². The number of hydrogen-bond acceptors (Lipinski definition) is 4. The van der Waals surface area contributed by atoms with Crippen LogP contribution in [-0.2, 0) is 13.0 Å². The Morgan fingerprint density at radius 1 is 0.735 bits per heavy atom. The van der Waals surface area contributed by atoms with Gasteiger partial charge in [-0.15, -0.1) is 0 Å². The van der Waals surface area contributed by atoms with Crippen LogP contribution in [0.25, 0.3) is 33.1 Å². The Bertz CT molecular complexity index is 1440. The van der Waals surface area contributed by atoms with E-state index in [1.54, 1.807) is 21.3 Å². The second kappa shape index (κ2) is 9.48. The third-order valence-corrected chi connectivity index (χ3v) is 6.33. The molecule has 0 unspecified atom stereocenters. The molecule has 0 saturated carbocycles. The van der Waals surface area contributed by atoms with Crippen molar-refractivity contribution in [3.8, 4) is 28.5 Å². The number of benzene rings is 3. The number of ether oxygens (including phenoxy) is 3. The summed E-state index contributed by atoms with van der Waals surface area (Å²) in [7, 11) is 4.90. The van der Waals surface area contributed by atoms with E-state index < -0.39 is 0 Å². The topological polar surface area (TPSA) is 45.5 Å². The van der Waals surface area contributed by atoms with Gasteiger partial charge in [-0.25, -0.2) is 0 Å². The number of aromatic nitrogens is 2. The third kappa shape index (κ3) is 3.73. The Balaban J connectivity index is 1.69. The second-order valence-corrected chi connectivity index (χ2v) is 8.20. The first kappa shape index (κ1) is 21.8. The van der Waals surface area contributed by atoms with E-state index in [9.17, 15) is 0 Å². The molecule has 0 radical (unpaired) electrons. The lowest BCUT2D eigenvalue weighted by molar-refractivity contribution is 0.325. The molecule has 0 fully saturated rings. The quantitative estimate of drug-likeness (QED) is 0.269. The molecule has 2 heterocycles. The van der Waals surface area contributed by atoms with Gasteiger partial charge >= 0.3 is 0 Å². The largest absolute Gasteiger partial charge is 0.493 e. The van der Waals surface area contributed by atoms with Crippen molar-refractivity contribution in [3.63, 3.8) is 0 Å². The molecule has 0 atom stereocenters. The molecule has 0 bridgehead atoms. The Morgan fingerprint density at radius 3 is 2.26 bits per heavy atom. The van der Waals surface area contributed by atoms with Crippen molar-refractivity contribution in [2.45, 2.75) is 19.4 Å². The molecule has 5 aromatic rings. The fraction of sp³-hybridized carbons (Fsp3) is 0.207. The van der Waals surface area contributed by atoms with E-state index in [0.29, 0.717) is 17.2 Å². The van der Waals surface area contributed by atoms with Gasteiger partial charge < -0.3 is 18.8 Å². The molecule has 5 heteroatoms. The Kier molecular flexibility index (Phi) is 6.09. The minimum Gasteiger partial charge on any atom is -0.493 e. The van der Waals surface area contributed by atoms with Gasteiger partial charge in [0.05, 0.1) is 32.5 Å². The highest BCUT2D eigenvalue weighted by atomic mass is 16.5. The minimum atomic E-state index is 0.563. The first-order valence-electron chi connectivity index (χ1n) is 11.5. The maximum Gasteiger partial charge on any atom is 0.203 e. The van der Waals surface area contributed by atoms with E-state index >= 15 is 0 Å². The zero-order chi connectivity index (χ0) is 23.5. The van der Waals surface area contributed by atoms with Crippen LogP contribution in [-0.4, -0.2) is 30.9 Å². The summed E-state index contributed by atoms with van der Waals surface area (Å²) in [5.41, 5.74) is 5.40. The van der Waals surface area contributed by atoms with Crippen LogP contribution in [0.2, 0.25) is 0 Å². The molecular weight excluding hydrogens is 424 g/mol. The van der Waals surface area contributed by atoms with Crippen molar-refractivity contribution in [1.29, 1.82) is 0 Å². The predicted octanol–water partition coefficient (Wildman–Crippen LogP) is 6.52. The number of fused-ring (bicyclic) bond motifs is 3. The zero-order valence-corrected chi connectivity index (χ0v) is 19.7. The lowest BCUT2D eigenvalue weighted by Crippen LogP contribution is -2.02. The third-order valence-electron chi connectivity index (χ3n) is 6.33.